The summed E-state index contributed by atoms with van der Waals surface area (Å²) in [4.78, 5) is 43.9. The monoisotopic (exact) mass is 618 g/mol. The Bertz CT molecular complexity index is 1390. The van der Waals surface area contributed by atoms with Crippen LogP contribution in [-0.4, -0.2) is 79.9 Å². The Hall–Kier alpha value is -3.31. The Balaban J connectivity index is 1.09. The van der Waals surface area contributed by atoms with Crippen molar-refractivity contribution in [3.63, 3.8) is 0 Å². The van der Waals surface area contributed by atoms with Crippen LogP contribution in [0.25, 0.3) is 10.1 Å². The van der Waals surface area contributed by atoms with E-state index in [1.165, 1.54) is 11.3 Å². The van der Waals surface area contributed by atoms with Crippen LogP contribution in [0.15, 0.2) is 60.7 Å². The first-order chi connectivity index (χ1) is 21.5. The number of nitrogens with zero attached hydrogens (tertiary/aromatic N) is 1. The van der Waals surface area contributed by atoms with Crippen molar-refractivity contribution in [1.29, 1.82) is 0 Å². The third-order valence-corrected chi connectivity index (χ3v) is 10.3. The summed E-state index contributed by atoms with van der Waals surface area (Å²) in [6.07, 6.45) is 4.98. The molecule has 3 heterocycles. The van der Waals surface area contributed by atoms with Gasteiger partial charge in [-0.05, 0) is 67.8 Å². The third-order valence-electron chi connectivity index (χ3n) is 9.17. The SMILES string of the molecule is O=C(NC1(C(=O)N[C@H](Cc2ccccc2)C(=O)NCC2CCN(CC3OCCO3)CC2)CCCC1)c1cc2ccccc2s1. The van der Waals surface area contributed by atoms with Gasteiger partial charge in [0, 0.05) is 24.2 Å². The number of rotatable bonds is 11. The molecule has 2 saturated heterocycles. The molecule has 1 aliphatic carbocycles. The summed E-state index contributed by atoms with van der Waals surface area (Å²) < 4.78 is 12.2. The van der Waals surface area contributed by atoms with E-state index in [9.17, 15) is 14.4 Å². The first-order valence-electron chi connectivity index (χ1n) is 15.9. The van der Waals surface area contributed by atoms with E-state index < -0.39 is 11.6 Å². The van der Waals surface area contributed by atoms with E-state index in [0.29, 0.717) is 49.8 Å². The lowest BCUT2D eigenvalue weighted by molar-refractivity contribution is -0.132. The molecule has 3 aromatic rings. The molecule has 3 aliphatic rings. The number of carbonyl (C=O) groups is 3. The lowest BCUT2D eigenvalue weighted by atomic mass is 9.94. The van der Waals surface area contributed by atoms with Gasteiger partial charge in [-0.2, -0.15) is 0 Å². The highest BCUT2D eigenvalue weighted by atomic mass is 32.1. The highest BCUT2D eigenvalue weighted by molar-refractivity contribution is 7.20. The van der Waals surface area contributed by atoms with Crippen LogP contribution in [0.3, 0.4) is 0 Å². The quantitative estimate of drug-likeness (QED) is 0.301. The topological polar surface area (TPSA) is 109 Å². The van der Waals surface area contributed by atoms with Crippen molar-refractivity contribution in [1.82, 2.24) is 20.9 Å². The molecule has 0 spiro atoms. The molecule has 2 aromatic carbocycles. The molecule has 1 saturated carbocycles. The number of fused-ring (bicyclic) bond motifs is 1. The van der Waals surface area contributed by atoms with Crippen molar-refractivity contribution < 1.29 is 23.9 Å². The summed E-state index contributed by atoms with van der Waals surface area (Å²) in [7, 11) is 0. The smallest absolute Gasteiger partial charge is 0.262 e. The maximum absolute atomic E-state index is 14.0. The van der Waals surface area contributed by atoms with Crippen molar-refractivity contribution in [2.45, 2.75) is 62.8 Å². The average molecular weight is 619 g/mol. The summed E-state index contributed by atoms with van der Waals surface area (Å²) in [6, 6.07) is 18.7. The van der Waals surface area contributed by atoms with Crippen LogP contribution in [0.2, 0.25) is 0 Å². The Morgan fingerprint density at radius 3 is 2.39 bits per heavy atom. The van der Waals surface area contributed by atoms with Gasteiger partial charge in [0.2, 0.25) is 11.8 Å². The average Bonchev–Trinajstić information content (AvgIpc) is 3.83. The predicted octanol–water partition coefficient (Wildman–Crippen LogP) is 3.87. The molecule has 2 aliphatic heterocycles. The number of likely N-dealkylation sites (tertiary alicyclic amines) is 1. The number of hydrogen-bond donors (Lipinski definition) is 3. The van der Waals surface area contributed by atoms with Crippen LogP contribution in [0.5, 0.6) is 0 Å². The molecule has 0 radical (unpaired) electrons. The fourth-order valence-electron chi connectivity index (χ4n) is 6.58. The molecule has 6 rings (SSSR count). The van der Waals surface area contributed by atoms with Gasteiger partial charge in [-0.25, -0.2) is 0 Å². The molecule has 1 atom stereocenters. The van der Waals surface area contributed by atoms with E-state index in [-0.39, 0.29) is 24.0 Å². The van der Waals surface area contributed by atoms with Gasteiger partial charge in [0.25, 0.3) is 5.91 Å². The van der Waals surface area contributed by atoms with Crippen LogP contribution >= 0.6 is 11.3 Å². The molecule has 1 aromatic heterocycles. The van der Waals surface area contributed by atoms with Crippen molar-refractivity contribution in [3.8, 4) is 0 Å². The molecular weight excluding hydrogens is 576 g/mol. The van der Waals surface area contributed by atoms with Gasteiger partial charge in [0.15, 0.2) is 6.29 Å². The Kier molecular flexibility index (Phi) is 9.91. The van der Waals surface area contributed by atoms with E-state index in [4.69, 9.17) is 9.47 Å². The zero-order valence-electron chi connectivity index (χ0n) is 25.1. The molecule has 9 nitrogen and oxygen atoms in total. The van der Waals surface area contributed by atoms with Crippen LogP contribution in [0.1, 0.15) is 53.8 Å². The fraction of sp³-hybridized carbons (Fsp3) is 0.500. The number of benzene rings is 2. The highest BCUT2D eigenvalue weighted by Gasteiger charge is 2.44. The van der Waals surface area contributed by atoms with E-state index in [1.54, 1.807) is 0 Å². The van der Waals surface area contributed by atoms with Gasteiger partial charge in [0.05, 0.1) is 18.1 Å². The van der Waals surface area contributed by atoms with E-state index >= 15 is 0 Å². The first-order valence-corrected chi connectivity index (χ1v) is 16.7. The standard InChI is InChI=1S/C34H42N4O5S/c39-31(35-22-25-12-16-38(17-13-25)23-30-42-18-19-43-30)27(20-24-8-2-1-3-9-24)36-33(41)34(14-6-7-15-34)37-32(40)29-21-26-10-4-5-11-28(26)44-29/h1-5,8-11,21,25,27,30H,6-7,12-20,22-23H2,(H,35,39)(H,36,41)(H,37,40)/t27-/m1/s1. The minimum Gasteiger partial charge on any atom is -0.354 e. The molecule has 3 fully saturated rings. The fourth-order valence-corrected chi connectivity index (χ4v) is 7.54. The molecule has 0 unspecified atom stereocenters. The summed E-state index contributed by atoms with van der Waals surface area (Å²) in [5, 5.41) is 10.3. The van der Waals surface area contributed by atoms with Gasteiger partial charge < -0.3 is 25.4 Å². The number of hydrogen-bond acceptors (Lipinski definition) is 7. The summed E-state index contributed by atoms with van der Waals surface area (Å²) >= 11 is 1.42. The van der Waals surface area contributed by atoms with Crippen molar-refractivity contribution in [2.75, 3.05) is 39.4 Å². The zero-order chi connectivity index (χ0) is 30.4. The third kappa shape index (κ3) is 7.48. The number of ether oxygens (including phenoxy) is 2. The molecule has 10 heteroatoms. The largest absolute Gasteiger partial charge is 0.354 e. The number of piperidine rings is 1. The van der Waals surface area contributed by atoms with Crippen LogP contribution in [-0.2, 0) is 25.5 Å². The van der Waals surface area contributed by atoms with Crippen molar-refractivity contribution >= 4 is 39.1 Å². The predicted molar refractivity (Wildman–Crippen MR) is 170 cm³/mol. The zero-order valence-corrected chi connectivity index (χ0v) is 25.9. The van der Waals surface area contributed by atoms with Crippen molar-refractivity contribution in [2.24, 2.45) is 5.92 Å². The van der Waals surface area contributed by atoms with E-state index in [1.807, 2.05) is 60.7 Å². The second-order valence-corrected chi connectivity index (χ2v) is 13.4. The second kappa shape index (κ2) is 14.2. The van der Waals surface area contributed by atoms with Crippen molar-refractivity contribution in [3.05, 3.63) is 71.1 Å². The van der Waals surface area contributed by atoms with Crippen LogP contribution in [0.4, 0.5) is 0 Å². The van der Waals surface area contributed by atoms with E-state index in [2.05, 4.69) is 20.9 Å². The van der Waals surface area contributed by atoms with Crippen LogP contribution < -0.4 is 16.0 Å². The molecule has 234 valence electrons. The summed E-state index contributed by atoms with van der Waals surface area (Å²) in [5.74, 6) is -0.355. The van der Waals surface area contributed by atoms with Gasteiger partial charge >= 0.3 is 0 Å². The Morgan fingerprint density at radius 2 is 1.66 bits per heavy atom. The summed E-state index contributed by atoms with van der Waals surface area (Å²) in [5.41, 5.74) is -0.0745. The Morgan fingerprint density at radius 1 is 0.955 bits per heavy atom. The molecule has 3 amide bonds. The normalized spacial score (nSPS) is 20.0. The van der Waals surface area contributed by atoms with Gasteiger partial charge in [0.1, 0.15) is 11.6 Å². The molecular formula is C34H42N4O5S. The molecule has 44 heavy (non-hydrogen) atoms. The van der Waals surface area contributed by atoms with Gasteiger partial charge in [-0.15, -0.1) is 11.3 Å². The van der Waals surface area contributed by atoms with Crippen LogP contribution in [0, 0.1) is 5.92 Å². The Labute approximate surface area is 262 Å². The number of amides is 3. The number of thiophene rings is 1. The van der Waals surface area contributed by atoms with Gasteiger partial charge in [-0.1, -0.05) is 61.4 Å². The number of carbonyl (C=O) groups excluding carboxylic acids is 3. The lowest BCUT2D eigenvalue weighted by Gasteiger charge is -2.33. The maximum Gasteiger partial charge on any atom is 0.262 e. The minimum absolute atomic E-state index is 0.133. The maximum atomic E-state index is 14.0. The molecule has 0 bridgehead atoms. The highest BCUT2D eigenvalue weighted by Crippen LogP contribution is 2.32. The summed E-state index contributed by atoms with van der Waals surface area (Å²) in [6.45, 7) is 4.55. The number of nitrogens with one attached hydrogen (secondary N) is 3. The van der Waals surface area contributed by atoms with E-state index in [0.717, 1.165) is 61.0 Å². The second-order valence-electron chi connectivity index (χ2n) is 12.3. The minimum atomic E-state index is -1.04. The van der Waals surface area contributed by atoms with Gasteiger partial charge in [-0.3, -0.25) is 19.3 Å². The molecule has 3 N–H and O–H groups in total. The first kappa shape index (κ1) is 30.7. The lowest BCUT2D eigenvalue weighted by Crippen LogP contribution is -2.61.